The van der Waals surface area contributed by atoms with Gasteiger partial charge in [-0.2, -0.15) is 0 Å². The van der Waals surface area contributed by atoms with Gasteiger partial charge >= 0.3 is 0 Å². The van der Waals surface area contributed by atoms with Crippen molar-refractivity contribution in [3.63, 3.8) is 0 Å². The number of carbonyl (C=O) groups is 1. The van der Waals surface area contributed by atoms with Crippen LogP contribution in [0.4, 0.5) is 0 Å². The van der Waals surface area contributed by atoms with Crippen molar-refractivity contribution >= 4 is 15.7 Å². The van der Waals surface area contributed by atoms with E-state index in [9.17, 15) is 18.3 Å². The second-order valence-electron chi connectivity index (χ2n) is 4.03. The number of hydrogen-bond acceptors (Lipinski definition) is 5. The minimum atomic E-state index is -3.17. The van der Waals surface area contributed by atoms with Gasteiger partial charge in [0.15, 0.2) is 9.84 Å². The van der Waals surface area contributed by atoms with Crippen molar-refractivity contribution in [2.75, 3.05) is 18.1 Å². The van der Waals surface area contributed by atoms with E-state index in [1.165, 1.54) is 0 Å². The maximum atomic E-state index is 11.4. The lowest BCUT2D eigenvalue weighted by atomic mass is 10.2. The highest BCUT2D eigenvalue weighted by Crippen LogP contribution is 2.12. The normalized spacial score (nSPS) is 29.9. The highest BCUT2D eigenvalue weighted by atomic mass is 32.2. The molecule has 0 spiro atoms. The van der Waals surface area contributed by atoms with Crippen molar-refractivity contribution < 1.29 is 18.3 Å². The zero-order valence-electron chi connectivity index (χ0n) is 9.43. The Balaban J connectivity index is 2.52. The van der Waals surface area contributed by atoms with E-state index in [-0.39, 0.29) is 17.4 Å². The molecule has 0 radical (unpaired) electrons. The molecule has 1 fully saturated rings. The lowest BCUT2D eigenvalue weighted by Gasteiger charge is -2.20. The molecule has 7 heteroatoms. The molecule has 3 atom stereocenters. The van der Waals surface area contributed by atoms with Gasteiger partial charge in [-0.1, -0.05) is 0 Å². The molecule has 0 aliphatic carbocycles. The Bertz CT molecular complexity index is 355. The van der Waals surface area contributed by atoms with E-state index in [1.54, 1.807) is 13.8 Å². The third-order valence-corrected chi connectivity index (χ3v) is 4.25. The predicted molar refractivity (Wildman–Crippen MR) is 59.7 cm³/mol. The van der Waals surface area contributed by atoms with Crippen molar-refractivity contribution in [1.29, 1.82) is 0 Å². The number of likely N-dealkylation sites (N-methyl/N-ethyl adjacent to an activating group) is 1. The highest BCUT2D eigenvalue weighted by Gasteiger charge is 2.37. The summed E-state index contributed by atoms with van der Waals surface area (Å²) in [6, 6.07) is -1.06. The van der Waals surface area contributed by atoms with Crippen LogP contribution < -0.4 is 10.6 Å². The smallest absolute Gasteiger partial charge is 0.236 e. The molecule has 16 heavy (non-hydrogen) atoms. The summed E-state index contributed by atoms with van der Waals surface area (Å²) in [4.78, 5) is 11.4. The lowest BCUT2D eigenvalue weighted by Crippen LogP contribution is -2.50. The van der Waals surface area contributed by atoms with Crippen LogP contribution in [0.15, 0.2) is 0 Å². The van der Waals surface area contributed by atoms with Crippen LogP contribution in [0.25, 0.3) is 0 Å². The van der Waals surface area contributed by atoms with E-state index in [2.05, 4.69) is 10.6 Å². The van der Waals surface area contributed by atoms with Crippen LogP contribution in [0.3, 0.4) is 0 Å². The molecule has 0 aromatic carbocycles. The maximum absolute atomic E-state index is 11.4. The van der Waals surface area contributed by atoms with Crippen molar-refractivity contribution in [2.45, 2.75) is 32.0 Å². The van der Waals surface area contributed by atoms with Crippen LogP contribution in [-0.2, 0) is 14.6 Å². The Hall–Kier alpha value is -0.660. The third-order valence-electron chi connectivity index (χ3n) is 2.53. The van der Waals surface area contributed by atoms with Gasteiger partial charge < -0.3 is 10.4 Å². The van der Waals surface area contributed by atoms with Crippen molar-refractivity contribution in [1.82, 2.24) is 10.6 Å². The topological polar surface area (TPSA) is 95.5 Å². The van der Waals surface area contributed by atoms with E-state index >= 15 is 0 Å². The van der Waals surface area contributed by atoms with Gasteiger partial charge in [0.25, 0.3) is 0 Å². The Morgan fingerprint density at radius 3 is 2.56 bits per heavy atom. The standard InChI is InChI=1S/C9H18N2O4S/c1-3-10-9(13)6(2)11-7-4-16(14,15)5-8(7)12/h6-8,11-12H,3-5H2,1-2H3,(H,10,13). The Labute approximate surface area is 95.3 Å². The average Bonchev–Trinajstić information content (AvgIpc) is 2.40. The molecule has 0 bridgehead atoms. The van der Waals surface area contributed by atoms with Crippen molar-refractivity contribution in [3.8, 4) is 0 Å². The number of amides is 1. The highest BCUT2D eigenvalue weighted by molar-refractivity contribution is 7.91. The Morgan fingerprint density at radius 1 is 1.50 bits per heavy atom. The van der Waals surface area contributed by atoms with Crippen LogP contribution in [0.5, 0.6) is 0 Å². The van der Waals surface area contributed by atoms with Gasteiger partial charge in [-0.15, -0.1) is 0 Å². The number of aliphatic hydroxyl groups excluding tert-OH is 1. The van der Waals surface area contributed by atoms with Crippen LogP contribution in [0, 0.1) is 0 Å². The molecule has 1 heterocycles. The van der Waals surface area contributed by atoms with Crippen molar-refractivity contribution in [2.24, 2.45) is 0 Å². The summed E-state index contributed by atoms with van der Waals surface area (Å²) >= 11 is 0. The minimum absolute atomic E-state index is 0.113. The molecule has 1 rings (SSSR count). The van der Waals surface area contributed by atoms with E-state index in [4.69, 9.17) is 0 Å². The van der Waals surface area contributed by atoms with Crippen LogP contribution in [0.1, 0.15) is 13.8 Å². The van der Waals surface area contributed by atoms with E-state index in [0.717, 1.165) is 0 Å². The van der Waals surface area contributed by atoms with E-state index in [1.807, 2.05) is 0 Å². The quantitative estimate of drug-likeness (QED) is 0.550. The zero-order valence-corrected chi connectivity index (χ0v) is 10.3. The summed E-state index contributed by atoms with van der Waals surface area (Å²) in [5.41, 5.74) is 0. The number of hydrogen-bond donors (Lipinski definition) is 3. The molecule has 1 aliphatic rings. The molecule has 0 aromatic rings. The molecule has 0 saturated carbocycles. The molecular formula is C9H18N2O4S. The van der Waals surface area contributed by atoms with Crippen molar-refractivity contribution in [3.05, 3.63) is 0 Å². The van der Waals surface area contributed by atoms with Gasteiger partial charge in [-0.25, -0.2) is 8.42 Å². The first kappa shape index (κ1) is 13.4. The monoisotopic (exact) mass is 250 g/mol. The fourth-order valence-electron chi connectivity index (χ4n) is 1.71. The Morgan fingerprint density at radius 2 is 2.12 bits per heavy atom. The molecule has 1 amide bonds. The van der Waals surface area contributed by atoms with Crippen LogP contribution in [0.2, 0.25) is 0 Å². The fourth-order valence-corrected chi connectivity index (χ4v) is 3.47. The summed E-state index contributed by atoms with van der Waals surface area (Å²) in [7, 11) is -3.17. The van der Waals surface area contributed by atoms with Gasteiger partial charge in [-0.05, 0) is 13.8 Å². The first-order valence-electron chi connectivity index (χ1n) is 5.28. The van der Waals surface area contributed by atoms with Gasteiger partial charge in [0.2, 0.25) is 5.91 Å². The average molecular weight is 250 g/mol. The van der Waals surface area contributed by atoms with Gasteiger partial charge in [-0.3, -0.25) is 10.1 Å². The molecular weight excluding hydrogens is 232 g/mol. The van der Waals surface area contributed by atoms with Gasteiger partial charge in [0.05, 0.1) is 23.7 Å². The molecule has 1 saturated heterocycles. The maximum Gasteiger partial charge on any atom is 0.236 e. The number of carbonyl (C=O) groups excluding carboxylic acids is 1. The number of rotatable bonds is 4. The Kier molecular flexibility index (Phi) is 4.28. The summed E-state index contributed by atoms with van der Waals surface area (Å²) in [5.74, 6) is -0.538. The third kappa shape index (κ3) is 3.43. The van der Waals surface area contributed by atoms with Gasteiger partial charge in [0, 0.05) is 12.6 Å². The zero-order chi connectivity index (χ0) is 12.3. The lowest BCUT2D eigenvalue weighted by molar-refractivity contribution is -0.122. The SMILES string of the molecule is CCNC(=O)C(C)NC1CS(=O)(=O)CC1O. The summed E-state index contributed by atoms with van der Waals surface area (Å²) in [6.07, 6.45) is -0.929. The van der Waals surface area contributed by atoms with Crippen LogP contribution >= 0.6 is 0 Å². The van der Waals surface area contributed by atoms with Gasteiger partial charge in [0.1, 0.15) is 0 Å². The molecule has 1 aliphatic heterocycles. The first-order chi connectivity index (χ1) is 7.35. The predicted octanol–water partition coefficient (Wildman–Crippen LogP) is -1.74. The summed E-state index contributed by atoms with van der Waals surface area (Å²) in [5, 5.41) is 15.0. The van der Waals surface area contributed by atoms with E-state index in [0.29, 0.717) is 6.54 Å². The van der Waals surface area contributed by atoms with Crippen LogP contribution in [-0.4, -0.2) is 55.7 Å². The molecule has 3 unspecified atom stereocenters. The molecule has 3 N–H and O–H groups in total. The van der Waals surface area contributed by atoms with E-state index < -0.39 is 28.0 Å². The fraction of sp³-hybridized carbons (Fsp3) is 0.889. The molecule has 6 nitrogen and oxygen atoms in total. The molecule has 94 valence electrons. The molecule has 0 aromatic heterocycles. The number of aliphatic hydroxyl groups is 1. The summed E-state index contributed by atoms with van der Waals surface area (Å²) < 4.78 is 22.5. The number of nitrogens with one attached hydrogen (secondary N) is 2. The first-order valence-corrected chi connectivity index (χ1v) is 7.10. The second-order valence-corrected chi connectivity index (χ2v) is 6.19. The number of sulfone groups is 1. The summed E-state index contributed by atoms with van der Waals surface area (Å²) in [6.45, 7) is 3.97. The second kappa shape index (κ2) is 5.11. The largest absolute Gasteiger partial charge is 0.390 e. The minimum Gasteiger partial charge on any atom is -0.390 e.